The number of fused-ring (bicyclic) bond motifs is 1. The molecule has 0 amide bonds. The van der Waals surface area contributed by atoms with Crippen LogP contribution in [0.4, 0.5) is 5.82 Å². The first-order valence-electron chi connectivity index (χ1n) is 4.56. The Morgan fingerprint density at radius 2 is 2.08 bits per heavy atom. The van der Waals surface area contributed by atoms with Gasteiger partial charge in [-0.2, -0.15) is 0 Å². The number of hydrogen-bond donors (Lipinski definition) is 0. The largest absolute Gasteiger partial charge is 0.241 e. The van der Waals surface area contributed by atoms with Crippen molar-refractivity contribution in [3.63, 3.8) is 0 Å². The molecular weight excluding hydrogens is 162 g/mol. The second-order valence-corrected chi connectivity index (χ2v) is 3.54. The summed E-state index contributed by atoms with van der Waals surface area (Å²) >= 11 is 0. The van der Waals surface area contributed by atoms with Crippen LogP contribution >= 0.6 is 0 Å². The summed E-state index contributed by atoms with van der Waals surface area (Å²) < 4.78 is 0. The molecule has 0 bridgehead atoms. The smallest absolute Gasteiger partial charge is 0.158 e. The highest BCUT2D eigenvalue weighted by atomic mass is 15.0. The lowest BCUT2D eigenvalue weighted by atomic mass is 9.95. The van der Waals surface area contributed by atoms with E-state index in [0.29, 0.717) is 5.92 Å². The molecule has 1 aromatic rings. The van der Waals surface area contributed by atoms with Crippen molar-refractivity contribution in [3.8, 4) is 0 Å². The molecule has 0 fully saturated rings. The summed E-state index contributed by atoms with van der Waals surface area (Å²) in [7, 11) is 0. The Kier molecular flexibility index (Phi) is 1.87. The van der Waals surface area contributed by atoms with Gasteiger partial charge in [-0.05, 0) is 26.2 Å². The van der Waals surface area contributed by atoms with E-state index in [2.05, 4.69) is 21.9 Å². The summed E-state index contributed by atoms with van der Waals surface area (Å²) in [5.74, 6) is 2.18. The molecule has 3 heteroatoms. The number of aromatic nitrogens is 2. The molecule has 2 rings (SSSR count). The van der Waals surface area contributed by atoms with Gasteiger partial charge in [0.1, 0.15) is 5.82 Å². The van der Waals surface area contributed by atoms with E-state index < -0.39 is 0 Å². The molecule has 2 heterocycles. The molecule has 0 radical (unpaired) electrons. The minimum absolute atomic E-state index is 0.507. The topological polar surface area (TPSA) is 38.1 Å². The Morgan fingerprint density at radius 1 is 1.31 bits per heavy atom. The molecule has 1 aliphatic heterocycles. The van der Waals surface area contributed by atoms with Gasteiger partial charge in [0.2, 0.25) is 0 Å². The third-order valence-corrected chi connectivity index (χ3v) is 2.39. The van der Waals surface area contributed by atoms with Crippen LogP contribution < -0.4 is 0 Å². The van der Waals surface area contributed by atoms with E-state index in [1.807, 2.05) is 20.1 Å². The monoisotopic (exact) mass is 175 g/mol. The maximum atomic E-state index is 4.35. The Bertz CT molecular complexity index is 369. The van der Waals surface area contributed by atoms with Crippen molar-refractivity contribution < 1.29 is 0 Å². The first-order valence-corrected chi connectivity index (χ1v) is 4.56. The number of aryl methyl sites for hydroxylation is 2. The molecule has 0 saturated carbocycles. The molecule has 0 N–H and O–H groups in total. The lowest BCUT2D eigenvalue weighted by Crippen LogP contribution is -2.07. The maximum Gasteiger partial charge on any atom is 0.158 e. The lowest BCUT2D eigenvalue weighted by molar-refractivity contribution is 0.766. The fraction of sp³-hybridized carbons (Fsp3) is 0.500. The first-order chi connectivity index (χ1) is 6.18. The summed E-state index contributed by atoms with van der Waals surface area (Å²) in [6.07, 6.45) is 2.94. The number of rotatable bonds is 0. The van der Waals surface area contributed by atoms with E-state index >= 15 is 0 Å². The molecular formula is C10H13N3. The summed E-state index contributed by atoms with van der Waals surface area (Å²) in [4.78, 5) is 13.0. The predicted octanol–water partition coefficient (Wildman–Crippen LogP) is 2.30. The van der Waals surface area contributed by atoms with Crippen molar-refractivity contribution in [1.82, 2.24) is 9.97 Å². The molecule has 0 aliphatic carbocycles. The van der Waals surface area contributed by atoms with E-state index in [-0.39, 0.29) is 0 Å². The summed E-state index contributed by atoms with van der Waals surface area (Å²) in [6, 6.07) is 0. The molecule has 1 unspecified atom stereocenters. The van der Waals surface area contributed by atoms with Crippen LogP contribution in [-0.2, 0) is 0 Å². The van der Waals surface area contributed by atoms with Crippen molar-refractivity contribution in [2.75, 3.05) is 0 Å². The number of hydrogen-bond acceptors (Lipinski definition) is 3. The zero-order valence-corrected chi connectivity index (χ0v) is 8.20. The van der Waals surface area contributed by atoms with Gasteiger partial charge in [-0.3, -0.25) is 0 Å². The average Bonchev–Trinajstić information content (AvgIpc) is 2.02. The second kappa shape index (κ2) is 2.91. The fourth-order valence-corrected chi connectivity index (χ4v) is 1.79. The number of aliphatic imine (C=N–C) groups is 1. The van der Waals surface area contributed by atoms with Crippen molar-refractivity contribution in [2.24, 2.45) is 4.99 Å². The normalized spacial score (nSPS) is 20.1. The third-order valence-electron chi connectivity index (χ3n) is 2.39. The van der Waals surface area contributed by atoms with Gasteiger partial charge < -0.3 is 0 Å². The molecule has 0 aromatic carbocycles. The van der Waals surface area contributed by atoms with Gasteiger partial charge in [-0.15, -0.1) is 0 Å². The third kappa shape index (κ3) is 1.34. The molecule has 3 nitrogen and oxygen atoms in total. The van der Waals surface area contributed by atoms with Crippen LogP contribution in [0.25, 0.3) is 0 Å². The minimum Gasteiger partial charge on any atom is -0.241 e. The van der Waals surface area contributed by atoms with E-state index in [1.54, 1.807) is 0 Å². The Labute approximate surface area is 77.9 Å². The highest BCUT2D eigenvalue weighted by molar-refractivity contribution is 5.68. The van der Waals surface area contributed by atoms with Crippen molar-refractivity contribution in [3.05, 3.63) is 17.1 Å². The summed E-state index contributed by atoms with van der Waals surface area (Å²) in [5, 5.41) is 0. The van der Waals surface area contributed by atoms with Crippen molar-refractivity contribution >= 4 is 12.0 Å². The second-order valence-electron chi connectivity index (χ2n) is 3.54. The molecule has 1 aliphatic rings. The first kappa shape index (κ1) is 8.35. The molecule has 1 atom stereocenters. The van der Waals surface area contributed by atoms with Crippen molar-refractivity contribution in [2.45, 2.75) is 33.1 Å². The predicted molar refractivity (Wildman–Crippen MR) is 52.7 cm³/mol. The maximum absolute atomic E-state index is 4.35. The van der Waals surface area contributed by atoms with Gasteiger partial charge in [0.15, 0.2) is 5.82 Å². The van der Waals surface area contributed by atoms with Gasteiger partial charge in [-0.1, -0.05) is 6.92 Å². The molecule has 68 valence electrons. The van der Waals surface area contributed by atoms with Gasteiger partial charge in [-0.25, -0.2) is 15.0 Å². The molecule has 0 saturated heterocycles. The van der Waals surface area contributed by atoms with Crippen LogP contribution in [0.15, 0.2) is 4.99 Å². The van der Waals surface area contributed by atoms with E-state index in [9.17, 15) is 0 Å². The van der Waals surface area contributed by atoms with Crippen molar-refractivity contribution in [1.29, 1.82) is 0 Å². The molecule has 1 aromatic heterocycles. The van der Waals surface area contributed by atoms with Crippen LogP contribution in [0.3, 0.4) is 0 Å². The zero-order chi connectivity index (χ0) is 9.42. The average molecular weight is 175 g/mol. The lowest BCUT2D eigenvalue weighted by Gasteiger charge is -2.17. The highest BCUT2D eigenvalue weighted by Gasteiger charge is 2.18. The van der Waals surface area contributed by atoms with Gasteiger partial charge >= 0.3 is 0 Å². The van der Waals surface area contributed by atoms with Crippen LogP contribution in [0.5, 0.6) is 0 Å². The molecule has 13 heavy (non-hydrogen) atoms. The zero-order valence-electron chi connectivity index (χ0n) is 8.20. The molecule has 0 spiro atoms. The van der Waals surface area contributed by atoms with E-state index in [4.69, 9.17) is 0 Å². The Balaban J connectivity index is 2.65. The summed E-state index contributed by atoms with van der Waals surface area (Å²) in [6.45, 7) is 6.13. The van der Waals surface area contributed by atoms with Crippen LogP contribution in [0.2, 0.25) is 0 Å². The van der Waals surface area contributed by atoms with E-state index in [1.165, 1.54) is 5.56 Å². The van der Waals surface area contributed by atoms with Gasteiger partial charge in [0.25, 0.3) is 0 Å². The highest BCUT2D eigenvalue weighted by Crippen LogP contribution is 2.32. The Hall–Kier alpha value is -1.25. The summed E-state index contributed by atoms with van der Waals surface area (Å²) in [5.41, 5.74) is 2.29. The standard InChI is InChI=1S/C10H13N3/c1-6-4-5-11-10-9(6)7(2)12-8(3)13-10/h5-6H,4H2,1-3H3. The van der Waals surface area contributed by atoms with Crippen LogP contribution in [0.1, 0.15) is 36.3 Å². The number of nitrogens with zero attached hydrogens (tertiary/aromatic N) is 3. The Morgan fingerprint density at radius 3 is 2.85 bits per heavy atom. The van der Waals surface area contributed by atoms with Gasteiger partial charge in [0.05, 0.1) is 0 Å². The fourth-order valence-electron chi connectivity index (χ4n) is 1.79. The van der Waals surface area contributed by atoms with Gasteiger partial charge in [0, 0.05) is 17.5 Å². The SMILES string of the molecule is Cc1nc(C)c2c(n1)N=CCC2C. The minimum atomic E-state index is 0.507. The van der Waals surface area contributed by atoms with Crippen LogP contribution in [0, 0.1) is 13.8 Å². The van der Waals surface area contributed by atoms with Crippen LogP contribution in [-0.4, -0.2) is 16.2 Å². The van der Waals surface area contributed by atoms with E-state index in [0.717, 1.165) is 23.8 Å². The quantitative estimate of drug-likeness (QED) is 0.606.